The van der Waals surface area contributed by atoms with Crippen molar-refractivity contribution in [2.24, 2.45) is 0 Å². The zero-order valence-electron chi connectivity index (χ0n) is 4.80. The van der Waals surface area contributed by atoms with Gasteiger partial charge in [0.15, 0.2) is 0 Å². The number of halogens is 3. The molecule has 0 N–H and O–H groups in total. The first-order chi connectivity index (χ1) is 4.20. The second-order valence-corrected chi connectivity index (χ2v) is 2.64. The van der Waals surface area contributed by atoms with Crippen molar-refractivity contribution in [1.82, 2.24) is 0 Å². The number of hydrogen-bond acceptors (Lipinski definition) is 3. The third-order valence-corrected chi connectivity index (χ3v) is 1.69. The van der Waals surface area contributed by atoms with Crippen LogP contribution in [0.1, 0.15) is 0 Å². The first-order valence-electron chi connectivity index (χ1n) is 2.06. The molecule has 0 aromatic carbocycles. The van der Waals surface area contributed by atoms with E-state index in [4.69, 9.17) is 0 Å². The summed E-state index contributed by atoms with van der Waals surface area (Å²) in [6.45, 7) is 0. The molecule has 0 aromatic rings. The molecule has 0 saturated carbocycles. The summed E-state index contributed by atoms with van der Waals surface area (Å²) in [5.41, 5.74) is 0. The molecule has 0 aliphatic carbocycles. The maximum absolute atomic E-state index is 10.3. The molecule has 0 heterocycles. The fraction of sp³-hybridized carbons (Fsp3) is 0.500. The van der Waals surface area contributed by atoms with E-state index in [0.717, 1.165) is 0 Å². The largest absolute Gasteiger partial charge is 0.392 e. The van der Waals surface area contributed by atoms with E-state index < -0.39 is 11.9 Å². The summed E-state index contributed by atoms with van der Waals surface area (Å²) >= 11 is 3.67. The highest BCUT2D eigenvalue weighted by Crippen LogP contribution is 1.90. The molecule has 0 aliphatic rings. The Morgan fingerprint density at radius 1 is 1.10 bits per heavy atom. The zero-order valence-corrected chi connectivity index (χ0v) is 10.8. The molecule has 0 radical (unpaired) electrons. The standard InChI is InChI=1S/C4H4I2O3.BrH/c5-1-3(7)9-4(8)2-6;/h1-2H2;1H. The molecule has 0 aromatic heterocycles. The van der Waals surface area contributed by atoms with E-state index in [1.165, 1.54) is 0 Å². The van der Waals surface area contributed by atoms with Gasteiger partial charge in [-0.2, -0.15) is 0 Å². The quantitative estimate of drug-likeness (QED) is 0.286. The molecule has 0 spiro atoms. The van der Waals surface area contributed by atoms with E-state index in [9.17, 15) is 9.59 Å². The Labute approximate surface area is 96.3 Å². The molecule has 0 atom stereocenters. The number of carbonyl (C=O) groups excluding carboxylic acids is 2. The molecule has 0 rings (SSSR count). The third-order valence-electron chi connectivity index (χ3n) is 0.446. The average molecular weight is 435 g/mol. The lowest BCUT2D eigenvalue weighted by molar-refractivity contribution is -0.155. The van der Waals surface area contributed by atoms with Crippen LogP contribution >= 0.6 is 62.2 Å². The summed E-state index contributed by atoms with van der Waals surface area (Å²) in [5.74, 6) is -0.950. The smallest absolute Gasteiger partial charge is 0.323 e. The Morgan fingerprint density at radius 3 is 1.60 bits per heavy atom. The highest BCUT2D eigenvalue weighted by atomic mass is 127. The highest BCUT2D eigenvalue weighted by molar-refractivity contribution is 14.1. The van der Waals surface area contributed by atoms with Crippen molar-refractivity contribution in [3.63, 3.8) is 0 Å². The van der Waals surface area contributed by atoms with Gasteiger partial charge in [0.1, 0.15) is 0 Å². The minimum absolute atomic E-state index is 0. The Bertz CT molecular complexity index is 114. The van der Waals surface area contributed by atoms with Gasteiger partial charge in [0.05, 0.1) is 8.86 Å². The molecule has 0 bridgehead atoms. The molecule has 0 aliphatic heterocycles. The van der Waals surface area contributed by atoms with Crippen molar-refractivity contribution in [3.8, 4) is 0 Å². The normalized spacial score (nSPS) is 7.80. The van der Waals surface area contributed by atoms with Gasteiger partial charge in [-0.1, -0.05) is 45.2 Å². The van der Waals surface area contributed by atoms with Crippen molar-refractivity contribution >= 4 is 74.1 Å². The first-order valence-corrected chi connectivity index (χ1v) is 5.11. The van der Waals surface area contributed by atoms with Gasteiger partial charge in [0, 0.05) is 0 Å². The molecule has 10 heavy (non-hydrogen) atoms. The molecule has 0 saturated heterocycles. The molecular formula is C4H5BrI2O3. The number of rotatable bonds is 2. The molecule has 0 unspecified atom stereocenters. The molecule has 0 amide bonds. The Kier molecular flexibility index (Phi) is 11.2. The summed E-state index contributed by atoms with van der Waals surface area (Å²) in [6, 6.07) is 0. The van der Waals surface area contributed by atoms with Crippen molar-refractivity contribution in [3.05, 3.63) is 0 Å². The molecule has 6 heteroatoms. The van der Waals surface area contributed by atoms with Gasteiger partial charge >= 0.3 is 11.9 Å². The van der Waals surface area contributed by atoms with E-state index >= 15 is 0 Å². The van der Waals surface area contributed by atoms with E-state index in [-0.39, 0.29) is 25.8 Å². The van der Waals surface area contributed by atoms with E-state index in [2.05, 4.69) is 4.74 Å². The van der Waals surface area contributed by atoms with E-state index in [1.54, 1.807) is 0 Å². The SMILES string of the molecule is Br.O=C(CI)OC(=O)CI. The average Bonchev–Trinajstić information content (AvgIpc) is 1.87. The lowest BCUT2D eigenvalue weighted by Crippen LogP contribution is -2.13. The summed E-state index contributed by atoms with van der Waals surface area (Å²) in [7, 11) is 0. The number of alkyl halides is 2. The maximum Gasteiger partial charge on any atom is 0.323 e. The van der Waals surface area contributed by atoms with Crippen molar-refractivity contribution in [2.45, 2.75) is 0 Å². The number of ether oxygens (including phenoxy) is 1. The topological polar surface area (TPSA) is 43.4 Å². The number of carbonyl (C=O) groups is 2. The van der Waals surface area contributed by atoms with E-state index in [0.29, 0.717) is 0 Å². The van der Waals surface area contributed by atoms with Gasteiger partial charge in [-0.15, -0.1) is 17.0 Å². The van der Waals surface area contributed by atoms with Gasteiger partial charge in [0.2, 0.25) is 0 Å². The van der Waals surface area contributed by atoms with Crippen LogP contribution in [0.4, 0.5) is 0 Å². The Hall–Kier alpha value is 1.08. The molecule has 3 nitrogen and oxygen atoms in total. The summed E-state index contributed by atoms with van der Waals surface area (Å²) in [6.07, 6.45) is 0. The van der Waals surface area contributed by atoms with Crippen molar-refractivity contribution in [2.75, 3.05) is 8.86 Å². The minimum atomic E-state index is -0.475. The summed E-state index contributed by atoms with van der Waals surface area (Å²) < 4.78 is 4.70. The van der Waals surface area contributed by atoms with Gasteiger partial charge in [-0.05, 0) is 0 Å². The summed E-state index contributed by atoms with van der Waals surface area (Å²) in [4.78, 5) is 20.7. The Balaban J connectivity index is 0. The van der Waals surface area contributed by atoms with Gasteiger partial charge in [0.25, 0.3) is 0 Å². The van der Waals surface area contributed by atoms with Crippen LogP contribution in [-0.2, 0) is 14.3 Å². The fourth-order valence-electron chi connectivity index (χ4n) is 0.182. The maximum atomic E-state index is 10.3. The molecular weight excluding hydrogens is 430 g/mol. The lowest BCUT2D eigenvalue weighted by Gasteiger charge is -1.94. The number of hydrogen-bond donors (Lipinski definition) is 0. The first kappa shape index (κ1) is 13.7. The monoisotopic (exact) mass is 434 g/mol. The number of esters is 2. The summed E-state index contributed by atoms with van der Waals surface area (Å²) in [5, 5.41) is 0. The van der Waals surface area contributed by atoms with Crippen molar-refractivity contribution < 1.29 is 14.3 Å². The highest BCUT2D eigenvalue weighted by Gasteiger charge is 2.05. The van der Waals surface area contributed by atoms with Crippen LogP contribution in [0.15, 0.2) is 0 Å². The Morgan fingerprint density at radius 2 is 1.40 bits per heavy atom. The zero-order chi connectivity index (χ0) is 7.28. The van der Waals surface area contributed by atoms with Gasteiger partial charge in [-0.25, -0.2) is 0 Å². The molecule has 0 fully saturated rings. The van der Waals surface area contributed by atoms with Crippen molar-refractivity contribution in [1.29, 1.82) is 0 Å². The van der Waals surface area contributed by atoms with Crippen LogP contribution in [0, 0.1) is 0 Å². The predicted octanol–water partition coefficient (Wildman–Crippen LogP) is 1.50. The van der Waals surface area contributed by atoms with Crippen LogP contribution < -0.4 is 0 Å². The second kappa shape index (κ2) is 8.18. The van der Waals surface area contributed by atoms with Crippen LogP contribution in [0.2, 0.25) is 0 Å². The van der Waals surface area contributed by atoms with Gasteiger partial charge in [-0.3, -0.25) is 9.59 Å². The predicted molar refractivity (Wildman–Crippen MR) is 59.2 cm³/mol. The second-order valence-electron chi connectivity index (χ2n) is 1.11. The van der Waals surface area contributed by atoms with Crippen LogP contribution in [-0.4, -0.2) is 20.8 Å². The third kappa shape index (κ3) is 7.19. The van der Waals surface area contributed by atoms with Gasteiger partial charge < -0.3 is 4.74 Å². The molecule has 60 valence electrons. The van der Waals surface area contributed by atoms with E-state index in [1.807, 2.05) is 45.2 Å². The lowest BCUT2D eigenvalue weighted by atomic mass is 10.7. The van der Waals surface area contributed by atoms with Crippen LogP contribution in [0.25, 0.3) is 0 Å². The van der Waals surface area contributed by atoms with Crippen LogP contribution in [0.5, 0.6) is 0 Å². The fourth-order valence-corrected chi connectivity index (χ4v) is 0.493. The minimum Gasteiger partial charge on any atom is -0.392 e. The van der Waals surface area contributed by atoms with Crippen LogP contribution in [0.3, 0.4) is 0 Å².